The zero-order valence-corrected chi connectivity index (χ0v) is 13.4. The summed E-state index contributed by atoms with van der Waals surface area (Å²) in [6.45, 7) is 3.93. The normalized spacial score (nSPS) is 11.0. The predicted octanol–water partition coefficient (Wildman–Crippen LogP) is 3.64. The molecule has 0 aliphatic rings. The van der Waals surface area contributed by atoms with Crippen molar-refractivity contribution in [2.24, 2.45) is 0 Å². The van der Waals surface area contributed by atoms with Crippen molar-refractivity contribution in [2.75, 3.05) is 7.11 Å². The van der Waals surface area contributed by atoms with Crippen LogP contribution in [0.3, 0.4) is 0 Å². The van der Waals surface area contributed by atoms with Gasteiger partial charge in [-0.1, -0.05) is 18.3 Å². The Kier molecular flexibility index (Phi) is 3.62. The number of imidazole rings is 1. The van der Waals surface area contributed by atoms with Crippen LogP contribution in [-0.4, -0.2) is 27.6 Å². The SMILES string of the molecule is CCc1c(C(=O)O)sc2nc(-c3ccc(OC)cc3)c(C)n12. The summed E-state index contributed by atoms with van der Waals surface area (Å²) in [5.74, 6) is -0.0948. The number of thiazole rings is 1. The van der Waals surface area contributed by atoms with E-state index >= 15 is 0 Å². The van der Waals surface area contributed by atoms with Crippen molar-refractivity contribution in [3.63, 3.8) is 0 Å². The van der Waals surface area contributed by atoms with Gasteiger partial charge in [0.05, 0.1) is 12.8 Å². The number of methoxy groups -OCH3 is 1. The van der Waals surface area contributed by atoms with Gasteiger partial charge in [0.15, 0.2) is 4.96 Å². The molecular weight excluding hydrogens is 300 g/mol. The van der Waals surface area contributed by atoms with Crippen LogP contribution in [0.1, 0.15) is 28.0 Å². The molecule has 114 valence electrons. The fourth-order valence-corrected chi connectivity index (χ4v) is 3.72. The molecule has 0 atom stereocenters. The first-order valence-corrected chi connectivity index (χ1v) is 7.76. The minimum atomic E-state index is -0.891. The summed E-state index contributed by atoms with van der Waals surface area (Å²) in [5, 5.41) is 9.31. The summed E-state index contributed by atoms with van der Waals surface area (Å²) in [5.41, 5.74) is 3.63. The Bertz CT molecular complexity index is 847. The molecule has 2 heterocycles. The van der Waals surface area contributed by atoms with Crippen LogP contribution >= 0.6 is 11.3 Å². The standard InChI is InChI=1S/C16H16N2O3S/c1-4-12-14(15(19)20)22-16-17-13(9(2)18(12)16)10-5-7-11(21-3)8-6-10/h5-8H,4H2,1-3H3,(H,19,20). The van der Waals surface area contributed by atoms with Crippen molar-refractivity contribution in [1.82, 2.24) is 9.38 Å². The van der Waals surface area contributed by atoms with Gasteiger partial charge in [0.25, 0.3) is 0 Å². The molecule has 3 aromatic rings. The van der Waals surface area contributed by atoms with Crippen LogP contribution in [0.15, 0.2) is 24.3 Å². The third kappa shape index (κ3) is 2.16. The average molecular weight is 316 g/mol. The van der Waals surface area contributed by atoms with E-state index in [2.05, 4.69) is 4.98 Å². The van der Waals surface area contributed by atoms with Gasteiger partial charge >= 0.3 is 5.97 Å². The third-order valence-electron chi connectivity index (χ3n) is 3.69. The lowest BCUT2D eigenvalue weighted by atomic mass is 10.1. The summed E-state index contributed by atoms with van der Waals surface area (Å²) in [6, 6.07) is 7.71. The van der Waals surface area contributed by atoms with Crippen molar-refractivity contribution in [3.05, 3.63) is 40.5 Å². The molecule has 1 N–H and O–H groups in total. The number of fused-ring (bicyclic) bond motifs is 1. The Morgan fingerprint density at radius 3 is 2.59 bits per heavy atom. The van der Waals surface area contributed by atoms with Gasteiger partial charge in [-0.15, -0.1) is 0 Å². The van der Waals surface area contributed by atoms with Crippen LogP contribution in [0, 0.1) is 6.92 Å². The Balaban J connectivity index is 2.18. The number of nitrogens with zero attached hydrogens (tertiary/aromatic N) is 2. The van der Waals surface area contributed by atoms with E-state index in [4.69, 9.17) is 4.74 Å². The molecule has 0 aliphatic carbocycles. The van der Waals surface area contributed by atoms with E-state index in [0.717, 1.165) is 33.4 Å². The van der Waals surface area contributed by atoms with Crippen molar-refractivity contribution in [2.45, 2.75) is 20.3 Å². The van der Waals surface area contributed by atoms with E-state index in [-0.39, 0.29) is 0 Å². The molecule has 0 saturated carbocycles. The Labute approximate surface area is 131 Å². The molecule has 22 heavy (non-hydrogen) atoms. The third-order valence-corrected chi connectivity index (χ3v) is 4.77. The lowest BCUT2D eigenvalue weighted by Crippen LogP contribution is -2.01. The lowest BCUT2D eigenvalue weighted by molar-refractivity contribution is 0.0700. The average Bonchev–Trinajstić information content (AvgIpc) is 3.04. The molecule has 0 aliphatic heterocycles. The van der Waals surface area contributed by atoms with Crippen LogP contribution < -0.4 is 4.74 Å². The maximum Gasteiger partial charge on any atom is 0.347 e. The Hall–Kier alpha value is -2.34. The zero-order chi connectivity index (χ0) is 15.9. The molecule has 0 amide bonds. The number of hydrogen-bond donors (Lipinski definition) is 1. The molecule has 3 rings (SSSR count). The summed E-state index contributed by atoms with van der Waals surface area (Å²) < 4.78 is 7.12. The molecule has 0 unspecified atom stereocenters. The molecule has 5 nitrogen and oxygen atoms in total. The largest absolute Gasteiger partial charge is 0.497 e. The van der Waals surface area contributed by atoms with Crippen LogP contribution in [0.4, 0.5) is 0 Å². The second kappa shape index (κ2) is 5.46. The van der Waals surface area contributed by atoms with Crippen molar-refractivity contribution < 1.29 is 14.6 Å². The fraction of sp³-hybridized carbons (Fsp3) is 0.250. The minimum Gasteiger partial charge on any atom is -0.497 e. The summed E-state index contributed by atoms with van der Waals surface area (Å²) in [6.07, 6.45) is 0.654. The first kappa shape index (κ1) is 14.6. The van der Waals surface area contributed by atoms with Crippen molar-refractivity contribution in [1.29, 1.82) is 0 Å². The second-order valence-corrected chi connectivity index (χ2v) is 5.91. The van der Waals surface area contributed by atoms with Crippen LogP contribution in [0.5, 0.6) is 5.75 Å². The number of carbonyl (C=O) groups is 1. The maximum atomic E-state index is 11.3. The van der Waals surface area contributed by atoms with Crippen molar-refractivity contribution in [3.8, 4) is 17.0 Å². The molecule has 0 bridgehead atoms. The monoisotopic (exact) mass is 316 g/mol. The number of ether oxygens (including phenoxy) is 1. The molecule has 0 saturated heterocycles. The summed E-state index contributed by atoms with van der Waals surface area (Å²) in [7, 11) is 1.63. The zero-order valence-electron chi connectivity index (χ0n) is 12.6. The highest BCUT2D eigenvalue weighted by Crippen LogP contribution is 2.31. The van der Waals surface area contributed by atoms with E-state index in [1.807, 2.05) is 42.5 Å². The number of aromatic carboxylic acids is 1. The topological polar surface area (TPSA) is 63.8 Å². The van der Waals surface area contributed by atoms with Crippen molar-refractivity contribution >= 4 is 22.3 Å². The van der Waals surface area contributed by atoms with Gasteiger partial charge < -0.3 is 9.84 Å². The van der Waals surface area contributed by atoms with E-state index in [0.29, 0.717) is 11.3 Å². The number of benzene rings is 1. The summed E-state index contributed by atoms with van der Waals surface area (Å²) in [4.78, 5) is 17.1. The van der Waals surface area contributed by atoms with E-state index in [9.17, 15) is 9.90 Å². The van der Waals surface area contributed by atoms with Crippen LogP contribution in [0.2, 0.25) is 0 Å². The first-order valence-electron chi connectivity index (χ1n) is 6.95. The minimum absolute atomic E-state index is 0.370. The van der Waals surface area contributed by atoms with Gasteiger partial charge in [0.2, 0.25) is 0 Å². The van der Waals surface area contributed by atoms with Gasteiger partial charge in [-0.2, -0.15) is 0 Å². The molecule has 0 radical (unpaired) electrons. The maximum absolute atomic E-state index is 11.3. The van der Waals surface area contributed by atoms with E-state index < -0.39 is 5.97 Å². The Morgan fingerprint density at radius 2 is 2.05 bits per heavy atom. The quantitative estimate of drug-likeness (QED) is 0.798. The predicted molar refractivity (Wildman–Crippen MR) is 86.1 cm³/mol. The molecular formula is C16H16N2O3S. The first-order chi connectivity index (χ1) is 10.6. The summed E-state index contributed by atoms with van der Waals surface area (Å²) >= 11 is 1.22. The lowest BCUT2D eigenvalue weighted by Gasteiger charge is -2.04. The number of carboxylic acid groups (broad SMARTS) is 1. The molecule has 2 aromatic heterocycles. The van der Waals surface area contributed by atoms with Gasteiger partial charge in [-0.3, -0.25) is 4.40 Å². The molecule has 6 heteroatoms. The molecule has 0 spiro atoms. The van der Waals surface area contributed by atoms with Gasteiger partial charge in [0, 0.05) is 17.0 Å². The second-order valence-electron chi connectivity index (χ2n) is 4.93. The smallest absolute Gasteiger partial charge is 0.347 e. The molecule has 1 aromatic carbocycles. The molecule has 0 fully saturated rings. The Morgan fingerprint density at radius 1 is 1.36 bits per heavy atom. The van der Waals surface area contributed by atoms with Gasteiger partial charge in [0.1, 0.15) is 10.6 Å². The number of aryl methyl sites for hydroxylation is 2. The van der Waals surface area contributed by atoms with Crippen LogP contribution in [0.25, 0.3) is 16.2 Å². The van der Waals surface area contributed by atoms with E-state index in [1.54, 1.807) is 7.11 Å². The number of aromatic nitrogens is 2. The highest BCUT2D eigenvalue weighted by atomic mass is 32.1. The number of carboxylic acids is 1. The van der Waals surface area contributed by atoms with E-state index in [1.165, 1.54) is 11.3 Å². The van der Waals surface area contributed by atoms with Crippen LogP contribution in [-0.2, 0) is 6.42 Å². The van der Waals surface area contributed by atoms with Gasteiger partial charge in [-0.05, 0) is 37.6 Å². The fourth-order valence-electron chi connectivity index (χ4n) is 2.62. The highest BCUT2D eigenvalue weighted by molar-refractivity contribution is 7.19. The highest BCUT2D eigenvalue weighted by Gasteiger charge is 2.21. The number of hydrogen-bond acceptors (Lipinski definition) is 4. The van der Waals surface area contributed by atoms with Gasteiger partial charge in [-0.25, -0.2) is 9.78 Å². The number of rotatable bonds is 4.